The molecule has 0 radical (unpaired) electrons. The molecule has 0 fully saturated rings. The van der Waals surface area contributed by atoms with Gasteiger partial charge in [0.15, 0.2) is 0 Å². The predicted molar refractivity (Wildman–Crippen MR) is 79.2 cm³/mol. The maximum Gasteiger partial charge on any atom is 0.261 e. The first kappa shape index (κ1) is 13.6. The summed E-state index contributed by atoms with van der Waals surface area (Å²) in [4.78, 5) is 12.5. The number of benzene rings is 1. The van der Waals surface area contributed by atoms with Crippen molar-refractivity contribution in [1.82, 2.24) is 5.32 Å². The summed E-state index contributed by atoms with van der Waals surface area (Å²) in [6, 6.07) is 11.6. The molecule has 0 aliphatic carbocycles. The molecule has 0 spiro atoms. The average molecular weight is 345 g/mol. The van der Waals surface area contributed by atoms with E-state index in [9.17, 15) is 4.79 Å². The van der Waals surface area contributed by atoms with E-state index >= 15 is 0 Å². The molecule has 0 aliphatic heterocycles. The number of alkyl halides is 1. The van der Waals surface area contributed by atoms with Crippen LogP contribution in [0, 0.1) is 0 Å². The minimum Gasteiger partial charge on any atom is -0.347 e. The molecular weight excluding hydrogens is 334 g/mol. The number of nitrogens with one attached hydrogen (secondary N) is 1. The molecule has 1 aromatic heterocycles. The Morgan fingerprint density at radius 2 is 1.83 bits per heavy atom. The lowest BCUT2D eigenvalue weighted by Gasteiger charge is -2.04. The number of thiophene rings is 1. The van der Waals surface area contributed by atoms with Crippen LogP contribution in [0.5, 0.6) is 0 Å². The molecule has 2 nitrogen and oxygen atoms in total. The number of carbonyl (C=O) groups is 1. The third kappa shape index (κ3) is 3.57. The highest BCUT2D eigenvalue weighted by Crippen LogP contribution is 2.21. The number of hydrogen-bond donors (Lipinski definition) is 1. The summed E-state index contributed by atoms with van der Waals surface area (Å²) in [5.41, 5.74) is 2.14. The topological polar surface area (TPSA) is 29.1 Å². The van der Waals surface area contributed by atoms with Crippen LogP contribution in [0.4, 0.5) is 0 Å². The van der Waals surface area contributed by atoms with Gasteiger partial charge in [-0.15, -0.1) is 22.9 Å². The summed E-state index contributed by atoms with van der Waals surface area (Å²) in [7, 11) is 0. The first-order valence-corrected chi connectivity index (χ1v) is 7.51. The van der Waals surface area contributed by atoms with Gasteiger partial charge >= 0.3 is 0 Å². The Balaban J connectivity index is 1.92. The highest BCUT2D eigenvalue weighted by molar-refractivity contribution is 9.11. The van der Waals surface area contributed by atoms with E-state index in [0.29, 0.717) is 17.3 Å². The average Bonchev–Trinajstić information content (AvgIpc) is 2.83. The van der Waals surface area contributed by atoms with Crippen molar-refractivity contribution in [2.75, 3.05) is 0 Å². The Bertz CT molecular complexity index is 538. The van der Waals surface area contributed by atoms with Gasteiger partial charge in [-0.05, 0) is 39.2 Å². The maximum atomic E-state index is 11.8. The van der Waals surface area contributed by atoms with E-state index in [-0.39, 0.29) is 5.91 Å². The summed E-state index contributed by atoms with van der Waals surface area (Å²) in [5.74, 6) is 0.461. The standard InChI is InChI=1S/C13H11BrClNOS/c14-12-6-5-11(18-12)13(17)16-8-10-3-1-9(7-15)2-4-10/h1-6H,7-8H2,(H,16,17). The monoisotopic (exact) mass is 343 g/mol. The van der Waals surface area contributed by atoms with Crippen molar-refractivity contribution in [2.45, 2.75) is 12.4 Å². The quantitative estimate of drug-likeness (QED) is 0.828. The fourth-order valence-corrected chi connectivity index (χ4v) is 2.93. The molecule has 2 rings (SSSR count). The molecule has 0 saturated heterocycles. The number of carbonyl (C=O) groups excluding carboxylic acids is 1. The molecule has 0 saturated carbocycles. The van der Waals surface area contributed by atoms with Gasteiger partial charge in [0.25, 0.3) is 5.91 Å². The van der Waals surface area contributed by atoms with Gasteiger partial charge in [-0.25, -0.2) is 0 Å². The molecule has 0 unspecified atom stereocenters. The van der Waals surface area contributed by atoms with Crippen LogP contribution in [0.25, 0.3) is 0 Å². The zero-order valence-electron chi connectivity index (χ0n) is 9.45. The van der Waals surface area contributed by atoms with Gasteiger partial charge in [0.1, 0.15) is 0 Å². The van der Waals surface area contributed by atoms with E-state index < -0.39 is 0 Å². The Kier molecular flexibility index (Phi) is 4.80. The van der Waals surface area contributed by atoms with E-state index in [1.807, 2.05) is 30.3 Å². The molecule has 1 amide bonds. The molecule has 0 bridgehead atoms. The summed E-state index contributed by atoms with van der Waals surface area (Å²) >= 11 is 10.5. The van der Waals surface area contributed by atoms with Crippen molar-refractivity contribution < 1.29 is 4.79 Å². The Hall–Kier alpha value is -0.840. The Labute approximate surface area is 123 Å². The third-order valence-electron chi connectivity index (χ3n) is 2.43. The van der Waals surface area contributed by atoms with Crippen LogP contribution in [0.2, 0.25) is 0 Å². The highest BCUT2D eigenvalue weighted by Gasteiger charge is 2.07. The van der Waals surface area contributed by atoms with E-state index in [0.717, 1.165) is 14.9 Å². The third-order valence-corrected chi connectivity index (χ3v) is 4.36. The fraction of sp³-hybridized carbons (Fsp3) is 0.154. The van der Waals surface area contributed by atoms with Crippen molar-refractivity contribution in [2.24, 2.45) is 0 Å². The molecule has 18 heavy (non-hydrogen) atoms. The molecule has 1 aromatic carbocycles. The summed E-state index contributed by atoms with van der Waals surface area (Å²) < 4.78 is 0.958. The van der Waals surface area contributed by atoms with Crippen LogP contribution in [0.15, 0.2) is 40.2 Å². The van der Waals surface area contributed by atoms with E-state index in [2.05, 4.69) is 21.2 Å². The normalized spacial score (nSPS) is 10.3. The summed E-state index contributed by atoms with van der Waals surface area (Å²) in [6.07, 6.45) is 0. The van der Waals surface area contributed by atoms with Crippen LogP contribution in [0.1, 0.15) is 20.8 Å². The van der Waals surface area contributed by atoms with Crippen molar-refractivity contribution in [3.63, 3.8) is 0 Å². The number of rotatable bonds is 4. The van der Waals surface area contributed by atoms with Gasteiger partial charge < -0.3 is 5.32 Å². The van der Waals surface area contributed by atoms with Crippen LogP contribution in [-0.2, 0) is 12.4 Å². The Morgan fingerprint density at radius 3 is 2.39 bits per heavy atom. The highest BCUT2D eigenvalue weighted by atomic mass is 79.9. The number of halogens is 2. The minimum absolute atomic E-state index is 0.0490. The second kappa shape index (κ2) is 6.36. The molecular formula is C13H11BrClNOS. The fourth-order valence-electron chi connectivity index (χ4n) is 1.45. The SMILES string of the molecule is O=C(NCc1ccc(CCl)cc1)c1ccc(Br)s1. The van der Waals surface area contributed by atoms with Crippen molar-refractivity contribution in [3.05, 3.63) is 56.2 Å². The lowest BCUT2D eigenvalue weighted by molar-refractivity contribution is 0.0955. The van der Waals surface area contributed by atoms with Crippen LogP contribution in [0.3, 0.4) is 0 Å². The smallest absolute Gasteiger partial charge is 0.261 e. The van der Waals surface area contributed by atoms with Crippen LogP contribution < -0.4 is 5.32 Å². The van der Waals surface area contributed by atoms with E-state index in [4.69, 9.17) is 11.6 Å². The van der Waals surface area contributed by atoms with E-state index in [1.165, 1.54) is 11.3 Å². The molecule has 1 N–H and O–H groups in total. The predicted octanol–water partition coefficient (Wildman–Crippen LogP) is 4.18. The van der Waals surface area contributed by atoms with Gasteiger partial charge in [-0.1, -0.05) is 24.3 Å². The number of amides is 1. The molecule has 0 atom stereocenters. The van der Waals surface area contributed by atoms with Crippen molar-refractivity contribution in [1.29, 1.82) is 0 Å². The van der Waals surface area contributed by atoms with Gasteiger partial charge in [0, 0.05) is 12.4 Å². The van der Waals surface area contributed by atoms with Gasteiger partial charge in [-0.2, -0.15) is 0 Å². The second-order valence-electron chi connectivity index (χ2n) is 3.74. The zero-order valence-corrected chi connectivity index (χ0v) is 12.6. The molecule has 2 aromatic rings. The van der Waals surface area contributed by atoms with Crippen molar-refractivity contribution in [3.8, 4) is 0 Å². The lowest BCUT2D eigenvalue weighted by Crippen LogP contribution is -2.21. The van der Waals surface area contributed by atoms with Gasteiger partial charge in [0.05, 0.1) is 8.66 Å². The molecule has 1 heterocycles. The maximum absolute atomic E-state index is 11.8. The largest absolute Gasteiger partial charge is 0.347 e. The molecule has 0 aliphatic rings. The lowest BCUT2D eigenvalue weighted by atomic mass is 10.1. The molecule has 5 heteroatoms. The first-order chi connectivity index (χ1) is 8.69. The second-order valence-corrected chi connectivity index (χ2v) is 6.47. The van der Waals surface area contributed by atoms with E-state index in [1.54, 1.807) is 6.07 Å². The molecule has 94 valence electrons. The zero-order chi connectivity index (χ0) is 13.0. The van der Waals surface area contributed by atoms with Crippen molar-refractivity contribution >= 4 is 44.8 Å². The van der Waals surface area contributed by atoms with Crippen LogP contribution in [-0.4, -0.2) is 5.91 Å². The first-order valence-electron chi connectivity index (χ1n) is 5.36. The number of hydrogen-bond acceptors (Lipinski definition) is 2. The van der Waals surface area contributed by atoms with Gasteiger partial charge in [-0.3, -0.25) is 4.79 Å². The summed E-state index contributed by atoms with van der Waals surface area (Å²) in [5, 5.41) is 2.88. The van der Waals surface area contributed by atoms with Crippen LogP contribution >= 0.6 is 38.9 Å². The van der Waals surface area contributed by atoms with Gasteiger partial charge in [0.2, 0.25) is 0 Å². The Morgan fingerprint density at radius 1 is 1.17 bits per heavy atom. The minimum atomic E-state index is -0.0490. The summed E-state index contributed by atoms with van der Waals surface area (Å²) in [6.45, 7) is 0.525.